The Morgan fingerprint density at radius 1 is 1.03 bits per heavy atom. The zero-order chi connectivity index (χ0) is 27.1. The molecule has 0 saturated carbocycles. The molecule has 0 aliphatic carbocycles. The van der Waals surface area contributed by atoms with Crippen LogP contribution in [-0.2, 0) is 0 Å². The molecule has 0 aliphatic rings. The van der Waals surface area contributed by atoms with Gasteiger partial charge in [0.2, 0.25) is 0 Å². The molecule has 0 amide bonds. The molecule has 0 atom stereocenters. The van der Waals surface area contributed by atoms with Crippen LogP contribution >= 0.6 is 11.3 Å². The Kier molecular flexibility index (Phi) is 5.87. The highest BCUT2D eigenvalue weighted by atomic mass is 32.1. The van der Waals surface area contributed by atoms with Crippen molar-refractivity contribution in [3.8, 4) is 28.7 Å². The van der Waals surface area contributed by atoms with Gasteiger partial charge in [0.25, 0.3) is 5.69 Å². The molecule has 0 saturated heterocycles. The zero-order valence-corrected chi connectivity index (χ0v) is 21.2. The molecular formula is C30H17N3O5S. The van der Waals surface area contributed by atoms with Crippen molar-refractivity contribution < 1.29 is 13.8 Å². The summed E-state index contributed by atoms with van der Waals surface area (Å²) < 4.78 is 11.4. The Morgan fingerprint density at radius 2 is 1.87 bits per heavy atom. The molecule has 3 aromatic carbocycles. The topological polar surface area (TPSA) is 123 Å². The van der Waals surface area contributed by atoms with E-state index in [2.05, 4.69) is 11.1 Å². The van der Waals surface area contributed by atoms with E-state index in [4.69, 9.17) is 8.83 Å². The summed E-state index contributed by atoms with van der Waals surface area (Å²) in [5.74, 6) is 0.649. The molecule has 0 N–H and O–H groups in total. The number of benzene rings is 3. The maximum Gasteiger partial charge on any atom is 0.345 e. The monoisotopic (exact) mass is 531 g/mol. The molecular weight excluding hydrogens is 514 g/mol. The fourth-order valence-corrected chi connectivity index (χ4v) is 5.22. The van der Waals surface area contributed by atoms with Gasteiger partial charge in [-0.1, -0.05) is 36.4 Å². The highest BCUT2D eigenvalue weighted by Crippen LogP contribution is 2.34. The first-order valence-corrected chi connectivity index (χ1v) is 12.7. The van der Waals surface area contributed by atoms with E-state index >= 15 is 0 Å². The van der Waals surface area contributed by atoms with Crippen LogP contribution in [0.4, 0.5) is 5.69 Å². The average Bonchev–Trinajstić information content (AvgIpc) is 3.61. The van der Waals surface area contributed by atoms with Crippen molar-refractivity contribution in [2.75, 3.05) is 0 Å². The number of aryl methyl sites for hydroxylation is 1. The van der Waals surface area contributed by atoms with E-state index in [1.54, 1.807) is 48.7 Å². The smallest absolute Gasteiger partial charge is 0.345 e. The van der Waals surface area contributed by atoms with Crippen LogP contribution in [0.25, 0.3) is 56.0 Å². The van der Waals surface area contributed by atoms with Crippen LogP contribution in [0.5, 0.6) is 0 Å². The van der Waals surface area contributed by atoms with Crippen LogP contribution in [0.2, 0.25) is 0 Å². The molecule has 0 aliphatic heterocycles. The molecule has 188 valence electrons. The predicted octanol–water partition coefficient (Wildman–Crippen LogP) is 7.61. The first-order chi connectivity index (χ1) is 18.9. The minimum atomic E-state index is -0.521. The zero-order valence-electron chi connectivity index (χ0n) is 20.4. The van der Waals surface area contributed by atoms with Crippen LogP contribution in [-0.4, -0.2) is 9.91 Å². The number of thiazole rings is 1. The number of hydrogen-bond acceptors (Lipinski definition) is 8. The quantitative estimate of drug-likeness (QED) is 0.0737. The van der Waals surface area contributed by atoms with Crippen LogP contribution in [0.1, 0.15) is 16.3 Å². The SMILES string of the molecule is Cc1ccc(-c2ccc(/C=C(\C#N)c3nc(-c4cc5c(ccc6ccccc65)oc4=O)cs3)o2)c([N+](=O)[O-])c1. The summed E-state index contributed by atoms with van der Waals surface area (Å²) in [5.41, 5.74) is 1.92. The lowest BCUT2D eigenvalue weighted by Gasteiger charge is -2.04. The second-order valence-corrected chi connectivity index (χ2v) is 9.69. The van der Waals surface area contributed by atoms with E-state index in [9.17, 15) is 20.2 Å². The lowest BCUT2D eigenvalue weighted by Crippen LogP contribution is -2.03. The van der Waals surface area contributed by atoms with E-state index in [0.717, 1.165) is 21.7 Å². The van der Waals surface area contributed by atoms with Gasteiger partial charge in [-0.3, -0.25) is 10.1 Å². The third kappa shape index (κ3) is 4.39. The van der Waals surface area contributed by atoms with E-state index < -0.39 is 10.5 Å². The third-order valence-electron chi connectivity index (χ3n) is 6.30. The molecule has 39 heavy (non-hydrogen) atoms. The number of furan rings is 1. The average molecular weight is 532 g/mol. The molecule has 3 aromatic heterocycles. The molecule has 0 fully saturated rings. The molecule has 6 aromatic rings. The summed E-state index contributed by atoms with van der Waals surface area (Å²) in [6.45, 7) is 1.78. The van der Waals surface area contributed by atoms with Gasteiger partial charge in [0.05, 0.1) is 27.3 Å². The normalized spacial score (nSPS) is 11.6. The van der Waals surface area contributed by atoms with Gasteiger partial charge in [0.15, 0.2) is 0 Å². The summed E-state index contributed by atoms with van der Waals surface area (Å²) in [5, 5.41) is 26.2. The van der Waals surface area contributed by atoms with Crippen molar-refractivity contribution >= 4 is 50.4 Å². The summed E-state index contributed by atoms with van der Waals surface area (Å²) in [6, 6.07) is 23.5. The van der Waals surface area contributed by atoms with Crippen LogP contribution < -0.4 is 5.63 Å². The van der Waals surface area contributed by atoms with Gasteiger partial charge in [0, 0.05) is 22.9 Å². The van der Waals surface area contributed by atoms with Crippen molar-refractivity contribution in [2.24, 2.45) is 0 Å². The van der Waals surface area contributed by atoms with Gasteiger partial charge in [-0.2, -0.15) is 5.26 Å². The van der Waals surface area contributed by atoms with Crippen molar-refractivity contribution in [1.82, 2.24) is 4.98 Å². The summed E-state index contributed by atoms with van der Waals surface area (Å²) in [4.78, 5) is 28.4. The van der Waals surface area contributed by atoms with Gasteiger partial charge in [-0.05, 0) is 53.6 Å². The standard InChI is InChI=1S/C30H17N3O5S/c1-17-6-9-22(26(12-17)33(35)36)27-11-8-20(37-27)13-19(15-31)29-32-25(16-39-29)24-14-23-21-5-3-2-4-18(21)7-10-28(23)38-30(24)34/h2-14,16H,1H3/b19-13+. The highest BCUT2D eigenvalue weighted by molar-refractivity contribution is 7.11. The number of nitrogens with zero attached hydrogens (tertiary/aromatic N) is 3. The first kappa shape index (κ1) is 24.0. The van der Waals surface area contributed by atoms with Gasteiger partial charge in [-0.15, -0.1) is 11.3 Å². The summed E-state index contributed by atoms with van der Waals surface area (Å²) in [6.07, 6.45) is 1.52. The molecule has 0 spiro atoms. The number of nitriles is 1. The van der Waals surface area contributed by atoms with Gasteiger partial charge >= 0.3 is 5.63 Å². The maximum absolute atomic E-state index is 12.8. The highest BCUT2D eigenvalue weighted by Gasteiger charge is 2.19. The maximum atomic E-state index is 12.8. The largest absolute Gasteiger partial charge is 0.456 e. The lowest BCUT2D eigenvalue weighted by molar-refractivity contribution is -0.384. The molecule has 6 rings (SSSR count). The van der Waals surface area contributed by atoms with E-state index in [1.807, 2.05) is 30.3 Å². The molecule has 8 nitrogen and oxygen atoms in total. The Balaban J connectivity index is 1.37. The van der Waals surface area contributed by atoms with Gasteiger partial charge in [0.1, 0.15) is 28.2 Å². The molecule has 0 unspecified atom stereocenters. The number of hydrogen-bond donors (Lipinski definition) is 0. The minimum Gasteiger partial charge on any atom is -0.456 e. The fraction of sp³-hybridized carbons (Fsp3) is 0.0333. The number of allylic oxidation sites excluding steroid dienone is 1. The summed E-state index contributed by atoms with van der Waals surface area (Å²) in [7, 11) is 0. The second-order valence-electron chi connectivity index (χ2n) is 8.83. The van der Waals surface area contributed by atoms with Crippen molar-refractivity contribution in [1.29, 1.82) is 5.26 Å². The number of nitro benzene ring substituents is 1. The van der Waals surface area contributed by atoms with Crippen LogP contribution in [0, 0.1) is 28.4 Å². The molecule has 0 bridgehead atoms. The van der Waals surface area contributed by atoms with Gasteiger partial charge in [-0.25, -0.2) is 9.78 Å². The van der Waals surface area contributed by atoms with Crippen molar-refractivity contribution in [2.45, 2.75) is 6.92 Å². The Morgan fingerprint density at radius 3 is 2.69 bits per heavy atom. The number of fused-ring (bicyclic) bond motifs is 3. The van der Waals surface area contributed by atoms with Crippen LogP contribution in [0.3, 0.4) is 0 Å². The Bertz CT molecular complexity index is 2060. The molecule has 0 radical (unpaired) electrons. The van der Waals surface area contributed by atoms with E-state index in [-0.39, 0.29) is 11.3 Å². The summed E-state index contributed by atoms with van der Waals surface area (Å²) >= 11 is 1.21. The Hall–Kier alpha value is -5.33. The number of nitro groups is 1. The molecule has 3 heterocycles. The predicted molar refractivity (Wildman–Crippen MR) is 150 cm³/mol. The number of aromatic nitrogens is 1. The fourth-order valence-electron chi connectivity index (χ4n) is 4.43. The van der Waals surface area contributed by atoms with Gasteiger partial charge < -0.3 is 8.83 Å². The van der Waals surface area contributed by atoms with Crippen molar-refractivity contribution in [3.05, 3.63) is 115 Å². The number of rotatable bonds is 5. The van der Waals surface area contributed by atoms with E-state index in [0.29, 0.717) is 38.9 Å². The van der Waals surface area contributed by atoms with E-state index in [1.165, 1.54) is 23.5 Å². The minimum absolute atomic E-state index is 0.0630. The Labute approximate surface area is 224 Å². The van der Waals surface area contributed by atoms with Crippen molar-refractivity contribution in [3.63, 3.8) is 0 Å². The first-order valence-electron chi connectivity index (χ1n) is 11.8. The third-order valence-corrected chi connectivity index (χ3v) is 7.18. The second kappa shape index (κ2) is 9.52. The lowest BCUT2D eigenvalue weighted by atomic mass is 10.0. The molecule has 9 heteroatoms. The van der Waals surface area contributed by atoms with Crippen LogP contribution in [0.15, 0.2) is 91.8 Å².